The third kappa shape index (κ3) is 6.81. The van der Waals surface area contributed by atoms with E-state index in [1.54, 1.807) is 16.2 Å². The minimum atomic E-state index is 1.29. The third-order valence-corrected chi connectivity index (χ3v) is 3.85. The number of unbranched alkanes of at least 4 members (excludes halogenated alkanes) is 3. The van der Waals surface area contributed by atoms with Gasteiger partial charge in [-0.3, -0.25) is 0 Å². The van der Waals surface area contributed by atoms with Crippen molar-refractivity contribution in [1.82, 2.24) is 0 Å². The maximum Gasteiger partial charge on any atom is 0.00452 e. The molecule has 0 radical (unpaired) electrons. The van der Waals surface area contributed by atoms with Crippen LogP contribution in [-0.4, -0.2) is 0 Å². The quantitative estimate of drug-likeness (QED) is 0.606. The molecule has 0 aliphatic carbocycles. The Morgan fingerprint density at radius 1 is 0.938 bits per heavy atom. The Morgan fingerprint density at radius 2 is 1.75 bits per heavy atom. The molecule has 2 heteroatoms. The van der Waals surface area contributed by atoms with E-state index in [-0.39, 0.29) is 0 Å². The van der Waals surface area contributed by atoms with E-state index in [0.717, 1.165) is 0 Å². The lowest BCUT2D eigenvalue weighted by atomic mass is 10.1. The van der Waals surface area contributed by atoms with E-state index >= 15 is 0 Å². The zero-order valence-corrected chi connectivity index (χ0v) is 11.5. The number of aryl methyl sites for hydroxylation is 1. The summed E-state index contributed by atoms with van der Waals surface area (Å²) in [5.41, 5.74) is 0. The Hall–Kier alpha value is -0.600. The van der Waals surface area contributed by atoms with Gasteiger partial charge in [-0.2, -0.15) is 11.3 Å². The Kier molecular flexibility index (Phi) is 8.09. The van der Waals surface area contributed by atoms with Crippen LogP contribution in [0.15, 0.2) is 40.4 Å². The van der Waals surface area contributed by atoms with Gasteiger partial charge in [-0.1, -0.05) is 44.4 Å². The maximum absolute atomic E-state index is 2.26. The van der Waals surface area contributed by atoms with Gasteiger partial charge in [0, 0.05) is 4.88 Å². The first-order valence-corrected chi connectivity index (χ1v) is 7.75. The predicted octanol–water partition coefficient (Wildman–Crippen LogP) is 5.62. The minimum absolute atomic E-state index is 1.29. The highest BCUT2D eigenvalue weighted by molar-refractivity contribution is 7.09. The zero-order valence-electron chi connectivity index (χ0n) is 9.89. The van der Waals surface area contributed by atoms with Gasteiger partial charge in [0.2, 0.25) is 0 Å². The molecule has 0 fully saturated rings. The zero-order chi connectivity index (χ0) is 11.5. The van der Waals surface area contributed by atoms with Gasteiger partial charge in [0.15, 0.2) is 0 Å². The van der Waals surface area contributed by atoms with Crippen LogP contribution in [0.1, 0.15) is 37.5 Å². The number of rotatable bonds is 5. The summed E-state index contributed by atoms with van der Waals surface area (Å²) in [6.07, 6.45) is 6.79. The number of thiophene rings is 2. The second kappa shape index (κ2) is 9.61. The van der Waals surface area contributed by atoms with Crippen LogP contribution in [0.5, 0.6) is 0 Å². The molecular weight excluding hydrogens is 232 g/mol. The molecule has 0 nitrogen and oxygen atoms in total. The SMILES string of the molecule is CCCCCCc1cccs1.c1ccsc1. The van der Waals surface area contributed by atoms with Crippen LogP contribution in [0, 0.1) is 0 Å². The Balaban J connectivity index is 0.000000212. The van der Waals surface area contributed by atoms with Gasteiger partial charge in [0.05, 0.1) is 0 Å². The van der Waals surface area contributed by atoms with Crippen molar-refractivity contribution >= 4 is 22.7 Å². The highest BCUT2D eigenvalue weighted by atomic mass is 32.1. The molecule has 88 valence electrons. The first kappa shape index (κ1) is 13.5. The van der Waals surface area contributed by atoms with Crippen molar-refractivity contribution in [3.05, 3.63) is 45.3 Å². The van der Waals surface area contributed by atoms with Crippen molar-refractivity contribution in [1.29, 1.82) is 0 Å². The van der Waals surface area contributed by atoms with Gasteiger partial charge in [-0.25, -0.2) is 0 Å². The van der Waals surface area contributed by atoms with Crippen molar-refractivity contribution in [2.24, 2.45) is 0 Å². The van der Waals surface area contributed by atoms with Crippen molar-refractivity contribution in [2.45, 2.75) is 39.0 Å². The Labute approximate surface area is 107 Å². The van der Waals surface area contributed by atoms with Gasteiger partial charge in [-0.05, 0) is 35.0 Å². The van der Waals surface area contributed by atoms with Crippen molar-refractivity contribution in [2.75, 3.05) is 0 Å². The van der Waals surface area contributed by atoms with Crippen molar-refractivity contribution in [3.8, 4) is 0 Å². The van der Waals surface area contributed by atoms with Crippen LogP contribution < -0.4 is 0 Å². The summed E-state index contributed by atoms with van der Waals surface area (Å²) in [5, 5.41) is 6.25. The highest BCUT2D eigenvalue weighted by Gasteiger charge is 1.92. The molecule has 2 aromatic heterocycles. The standard InChI is InChI=1S/C10H16S.C4H4S/c1-2-3-4-5-7-10-8-6-9-11-10;1-2-4-5-3-1/h6,8-9H,2-5,7H2,1H3;1-4H. The molecule has 0 unspecified atom stereocenters. The predicted molar refractivity (Wildman–Crippen MR) is 76.5 cm³/mol. The van der Waals surface area contributed by atoms with E-state index in [2.05, 4.69) is 24.4 Å². The first-order valence-electron chi connectivity index (χ1n) is 5.93. The van der Waals surface area contributed by atoms with Crippen LogP contribution in [-0.2, 0) is 6.42 Å². The van der Waals surface area contributed by atoms with Gasteiger partial charge >= 0.3 is 0 Å². The topological polar surface area (TPSA) is 0 Å². The summed E-state index contributed by atoms with van der Waals surface area (Å²) >= 11 is 3.59. The van der Waals surface area contributed by atoms with Gasteiger partial charge < -0.3 is 0 Å². The van der Waals surface area contributed by atoms with Gasteiger partial charge in [0.25, 0.3) is 0 Å². The first-order chi connectivity index (χ1) is 7.93. The molecule has 0 amide bonds. The summed E-state index contributed by atoms with van der Waals surface area (Å²) in [7, 11) is 0. The van der Waals surface area contributed by atoms with Crippen LogP contribution in [0.25, 0.3) is 0 Å². The lowest BCUT2D eigenvalue weighted by Gasteiger charge is -1.95. The lowest BCUT2D eigenvalue weighted by Crippen LogP contribution is -1.80. The van der Waals surface area contributed by atoms with Crippen LogP contribution in [0.3, 0.4) is 0 Å². The number of hydrogen-bond acceptors (Lipinski definition) is 2. The molecule has 0 aliphatic heterocycles. The average Bonchev–Trinajstić information content (AvgIpc) is 2.99. The summed E-state index contributed by atoms with van der Waals surface area (Å²) in [4.78, 5) is 1.54. The fourth-order valence-corrected chi connectivity index (χ4v) is 2.61. The molecule has 2 rings (SSSR count). The molecule has 0 saturated heterocycles. The molecule has 0 aliphatic rings. The van der Waals surface area contributed by atoms with E-state index in [4.69, 9.17) is 0 Å². The Bertz CT molecular complexity index is 291. The average molecular weight is 252 g/mol. The Morgan fingerprint density at radius 3 is 2.25 bits per heavy atom. The second-order valence-electron chi connectivity index (χ2n) is 3.68. The monoisotopic (exact) mass is 252 g/mol. The fourth-order valence-electron chi connectivity index (χ4n) is 1.41. The molecule has 2 heterocycles. The fraction of sp³-hybridized carbons (Fsp3) is 0.429. The summed E-state index contributed by atoms with van der Waals surface area (Å²) in [6.45, 7) is 2.26. The molecule has 0 bridgehead atoms. The van der Waals surface area contributed by atoms with E-state index in [1.165, 1.54) is 32.1 Å². The molecule has 0 saturated carbocycles. The highest BCUT2D eigenvalue weighted by Crippen LogP contribution is 2.12. The molecule has 16 heavy (non-hydrogen) atoms. The van der Waals surface area contributed by atoms with Crippen molar-refractivity contribution < 1.29 is 0 Å². The molecular formula is C14H20S2. The normalized spacial score (nSPS) is 9.56. The maximum atomic E-state index is 2.26. The smallest absolute Gasteiger partial charge is 0.00452 e. The summed E-state index contributed by atoms with van der Waals surface area (Å²) < 4.78 is 0. The largest absolute Gasteiger partial charge is 0.152 e. The van der Waals surface area contributed by atoms with Crippen LogP contribution >= 0.6 is 22.7 Å². The summed E-state index contributed by atoms with van der Waals surface area (Å²) in [5.74, 6) is 0. The third-order valence-electron chi connectivity index (χ3n) is 2.28. The van der Waals surface area contributed by atoms with E-state index in [0.29, 0.717) is 0 Å². The molecule has 0 spiro atoms. The molecule has 0 atom stereocenters. The second-order valence-corrected chi connectivity index (χ2v) is 5.53. The molecule has 2 aromatic rings. The lowest BCUT2D eigenvalue weighted by molar-refractivity contribution is 0.670. The van der Waals surface area contributed by atoms with Crippen molar-refractivity contribution in [3.63, 3.8) is 0 Å². The van der Waals surface area contributed by atoms with Gasteiger partial charge in [-0.15, -0.1) is 11.3 Å². The van der Waals surface area contributed by atoms with Crippen LogP contribution in [0.2, 0.25) is 0 Å². The van der Waals surface area contributed by atoms with E-state index in [9.17, 15) is 0 Å². The van der Waals surface area contributed by atoms with E-state index in [1.807, 2.05) is 34.2 Å². The molecule has 0 N–H and O–H groups in total. The minimum Gasteiger partial charge on any atom is -0.152 e. The number of hydrogen-bond donors (Lipinski definition) is 0. The van der Waals surface area contributed by atoms with E-state index < -0.39 is 0 Å². The van der Waals surface area contributed by atoms with Crippen LogP contribution in [0.4, 0.5) is 0 Å². The molecule has 0 aromatic carbocycles. The summed E-state index contributed by atoms with van der Waals surface area (Å²) in [6, 6.07) is 8.41. The van der Waals surface area contributed by atoms with Gasteiger partial charge in [0.1, 0.15) is 0 Å².